The molecule has 1 unspecified atom stereocenters. The molecule has 1 aromatic rings. The van der Waals surface area contributed by atoms with Crippen LogP contribution in [-0.4, -0.2) is 7.11 Å². The molecule has 22 heavy (non-hydrogen) atoms. The molecular weight excluding hydrogens is 268 g/mol. The molecule has 1 aliphatic carbocycles. The molecule has 1 atom stereocenters. The molecule has 0 saturated carbocycles. The predicted molar refractivity (Wildman–Crippen MR) is 95.7 cm³/mol. The van der Waals surface area contributed by atoms with Crippen molar-refractivity contribution in [3.63, 3.8) is 0 Å². The normalized spacial score (nSPS) is 18.5. The zero-order valence-corrected chi connectivity index (χ0v) is 15.4. The summed E-state index contributed by atoms with van der Waals surface area (Å²) in [5.74, 6) is 1.43. The Kier molecular flexibility index (Phi) is 4.30. The maximum absolute atomic E-state index is 5.73. The SMILES string of the molecule is COc1c(C)cc(C)cc1C(C)(C)C1C=CC(C(C)(C)C)=C1. The van der Waals surface area contributed by atoms with E-state index in [1.807, 2.05) is 0 Å². The van der Waals surface area contributed by atoms with E-state index in [0.29, 0.717) is 5.92 Å². The third-order valence-electron chi connectivity index (χ3n) is 4.86. The maximum Gasteiger partial charge on any atom is 0.125 e. The van der Waals surface area contributed by atoms with Crippen LogP contribution in [0.25, 0.3) is 0 Å². The summed E-state index contributed by atoms with van der Waals surface area (Å²) in [6.45, 7) is 15.8. The lowest BCUT2D eigenvalue weighted by atomic mass is 9.72. The Morgan fingerprint density at radius 3 is 2.14 bits per heavy atom. The summed E-state index contributed by atoms with van der Waals surface area (Å²) in [6.07, 6.45) is 7.07. The van der Waals surface area contributed by atoms with Crippen molar-refractivity contribution in [1.29, 1.82) is 0 Å². The van der Waals surface area contributed by atoms with Crippen LogP contribution in [0.3, 0.4) is 0 Å². The zero-order chi connectivity index (χ0) is 16.7. The smallest absolute Gasteiger partial charge is 0.125 e. The maximum atomic E-state index is 5.73. The first-order valence-corrected chi connectivity index (χ1v) is 8.13. The Balaban J connectivity index is 2.49. The third kappa shape index (κ3) is 2.99. The van der Waals surface area contributed by atoms with Crippen molar-refractivity contribution in [2.24, 2.45) is 11.3 Å². The summed E-state index contributed by atoms with van der Waals surface area (Å²) in [5.41, 5.74) is 5.44. The number of aryl methyl sites for hydroxylation is 2. The lowest BCUT2D eigenvalue weighted by Gasteiger charge is -2.33. The average Bonchev–Trinajstić information content (AvgIpc) is 2.87. The Hall–Kier alpha value is -1.50. The van der Waals surface area contributed by atoms with E-state index in [1.54, 1.807) is 7.11 Å². The molecule has 0 fully saturated rings. The van der Waals surface area contributed by atoms with Gasteiger partial charge in [-0.15, -0.1) is 0 Å². The molecule has 0 radical (unpaired) electrons. The van der Waals surface area contributed by atoms with Crippen LogP contribution < -0.4 is 4.74 Å². The van der Waals surface area contributed by atoms with Crippen LogP contribution in [0.15, 0.2) is 35.9 Å². The van der Waals surface area contributed by atoms with Crippen molar-refractivity contribution in [1.82, 2.24) is 0 Å². The van der Waals surface area contributed by atoms with Gasteiger partial charge >= 0.3 is 0 Å². The average molecular weight is 298 g/mol. The molecule has 120 valence electrons. The quantitative estimate of drug-likeness (QED) is 0.690. The van der Waals surface area contributed by atoms with Crippen LogP contribution in [0.5, 0.6) is 5.75 Å². The molecule has 2 rings (SSSR count). The molecule has 0 N–H and O–H groups in total. The molecule has 0 spiro atoms. The first-order valence-electron chi connectivity index (χ1n) is 8.13. The fourth-order valence-corrected chi connectivity index (χ4v) is 3.34. The first-order chi connectivity index (χ1) is 10.1. The van der Waals surface area contributed by atoms with E-state index < -0.39 is 0 Å². The highest BCUT2D eigenvalue weighted by Crippen LogP contribution is 2.44. The van der Waals surface area contributed by atoms with Crippen LogP contribution in [0, 0.1) is 25.2 Å². The summed E-state index contributed by atoms with van der Waals surface area (Å²) in [6, 6.07) is 4.47. The second-order valence-electron chi connectivity index (χ2n) is 8.14. The van der Waals surface area contributed by atoms with E-state index in [9.17, 15) is 0 Å². The molecule has 1 heteroatoms. The van der Waals surface area contributed by atoms with E-state index in [-0.39, 0.29) is 10.8 Å². The second kappa shape index (κ2) is 5.61. The van der Waals surface area contributed by atoms with Gasteiger partial charge in [0.25, 0.3) is 0 Å². The highest BCUT2D eigenvalue weighted by molar-refractivity contribution is 5.50. The van der Waals surface area contributed by atoms with Crippen molar-refractivity contribution in [3.05, 3.63) is 52.6 Å². The largest absolute Gasteiger partial charge is 0.496 e. The molecule has 0 aliphatic heterocycles. The van der Waals surface area contributed by atoms with E-state index >= 15 is 0 Å². The molecule has 0 amide bonds. The van der Waals surface area contributed by atoms with Gasteiger partial charge in [-0.2, -0.15) is 0 Å². The van der Waals surface area contributed by atoms with Gasteiger partial charge in [0, 0.05) is 16.9 Å². The minimum atomic E-state index is 0.00558. The highest BCUT2D eigenvalue weighted by Gasteiger charge is 2.34. The van der Waals surface area contributed by atoms with Gasteiger partial charge < -0.3 is 4.74 Å². The van der Waals surface area contributed by atoms with Gasteiger partial charge in [-0.3, -0.25) is 0 Å². The Bertz CT molecular complexity index is 624. The lowest BCUT2D eigenvalue weighted by Crippen LogP contribution is -2.26. The van der Waals surface area contributed by atoms with Gasteiger partial charge in [0.15, 0.2) is 0 Å². The molecule has 1 aliphatic rings. The molecule has 0 heterocycles. The van der Waals surface area contributed by atoms with Crippen LogP contribution in [-0.2, 0) is 5.41 Å². The number of rotatable bonds is 3. The number of hydrogen-bond acceptors (Lipinski definition) is 1. The summed E-state index contributed by atoms with van der Waals surface area (Å²) >= 11 is 0. The number of benzene rings is 1. The monoisotopic (exact) mass is 298 g/mol. The molecule has 0 saturated heterocycles. The van der Waals surface area contributed by atoms with Crippen LogP contribution in [0.2, 0.25) is 0 Å². The van der Waals surface area contributed by atoms with Crippen molar-refractivity contribution in [3.8, 4) is 5.75 Å². The number of ether oxygens (including phenoxy) is 1. The van der Waals surface area contributed by atoms with E-state index in [1.165, 1.54) is 22.3 Å². The molecule has 1 nitrogen and oxygen atoms in total. The van der Waals surface area contributed by atoms with Gasteiger partial charge in [0.1, 0.15) is 5.75 Å². The Morgan fingerprint density at radius 1 is 1.00 bits per heavy atom. The van der Waals surface area contributed by atoms with E-state index in [0.717, 1.165) is 5.75 Å². The highest BCUT2D eigenvalue weighted by atomic mass is 16.5. The van der Waals surface area contributed by atoms with Gasteiger partial charge in [0.05, 0.1) is 7.11 Å². The van der Waals surface area contributed by atoms with Crippen molar-refractivity contribution in [2.75, 3.05) is 7.11 Å². The van der Waals surface area contributed by atoms with Crippen LogP contribution in [0.4, 0.5) is 0 Å². The van der Waals surface area contributed by atoms with Crippen molar-refractivity contribution >= 4 is 0 Å². The van der Waals surface area contributed by atoms with Crippen LogP contribution in [0.1, 0.15) is 51.3 Å². The van der Waals surface area contributed by atoms with Gasteiger partial charge in [-0.1, -0.05) is 70.5 Å². The first kappa shape index (κ1) is 16.9. The lowest BCUT2D eigenvalue weighted by molar-refractivity contribution is 0.373. The van der Waals surface area contributed by atoms with E-state index in [2.05, 4.69) is 78.8 Å². The van der Waals surface area contributed by atoms with E-state index in [4.69, 9.17) is 4.74 Å². The van der Waals surface area contributed by atoms with Gasteiger partial charge in [-0.05, 0) is 30.4 Å². The second-order valence-corrected chi connectivity index (χ2v) is 8.14. The van der Waals surface area contributed by atoms with Crippen molar-refractivity contribution < 1.29 is 4.74 Å². The van der Waals surface area contributed by atoms with Crippen LogP contribution >= 0.6 is 0 Å². The summed E-state index contributed by atoms with van der Waals surface area (Å²) in [4.78, 5) is 0. The fraction of sp³-hybridized carbons (Fsp3) is 0.524. The minimum Gasteiger partial charge on any atom is -0.496 e. The zero-order valence-electron chi connectivity index (χ0n) is 15.4. The molecule has 0 bridgehead atoms. The number of methoxy groups -OCH3 is 1. The summed E-state index contributed by atoms with van der Waals surface area (Å²) < 4.78 is 5.73. The fourth-order valence-electron chi connectivity index (χ4n) is 3.34. The summed E-state index contributed by atoms with van der Waals surface area (Å²) in [5, 5.41) is 0. The third-order valence-corrected chi connectivity index (χ3v) is 4.86. The topological polar surface area (TPSA) is 9.23 Å². The van der Waals surface area contributed by atoms with Gasteiger partial charge in [-0.25, -0.2) is 0 Å². The van der Waals surface area contributed by atoms with Crippen molar-refractivity contribution in [2.45, 2.75) is 53.9 Å². The standard InChI is InChI=1S/C21H30O/c1-14-11-15(2)19(22-8)18(12-14)21(6,7)17-10-9-16(13-17)20(3,4)5/h9-13,17H,1-8H3. The molecular formula is C21H30O. The number of hydrogen-bond donors (Lipinski definition) is 0. The molecule has 0 aromatic heterocycles. The Labute approximate surface area is 136 Å². The molecule has 1 aromatic carbocycles. The predicted octanol–water partition coefficient (Wildman–Crippen LogP) is 5.75. The Morgan fingerprint density at radius 2 is 1.64 bits per heavy atom. The number of allylic oxidation sites excluding steroid dienone is 4. The van der Waals surface area contributed by atoms with Gasteiger partial charge in [0.2, 0.25) is 0 Å². The minimum absolute atomic E-state index is 0.00558. The summed E-state index contributed by atoms with van der Waals surface area (Å²) in [7, 11) is 1.78.